The molecule has 0 aliphatic heterocycles. The van der Waals surface area contributed by atoms with E-state index in [-0.39, 0.29) is 24.4 Å². The molecule has 9 heteroatoms. The number of H-pyrrole nitrogens is 1. The largest absolute Gasteiger partial charge is 0.332 e. The number of fused-ring (bicyclic) bond motifs is 1. The van der Waals surface area contributed by atoms with Gasteiger partial charge in [-0.1, -0.05) is 35.9 Å². The van der Waals surface area contributed by atoms with Crippen molar-refractivity contribution in [2.75, 3.05) is 5.32 Å². The fourth-order valence-electron chi connectivity index (χ4n) is 3.05. The van der Waals surface area contributed by atoms with E-state index in [9.17, 15) is 9.59 Å². The van der Waals surface area contributed by atoms with Gasteiger partial charge in [0.1, 0.15) is 0 Å². The minimum atomic E-state index is -0.225. The second-order valence-corrected chi connectivity index (χ2v) is 8.60. The highest BCUT2D eigenvalue weighted by Gasteiger charge is 2.10. The summed E-state index contributed by atoms with van der Waals surface area (Å²) in [6.07, 6.45) is 2.58. The van der Waals surface area contributed by atoms with Crippen LogP contribution in [-0.2, 0) is 17.8 Å². The normalized spacial score (nSPS) is 11.0. The Morgan fingerprint density at radius 3 is 2.77 bits per heavy atom. The SMILES string of the molecule is O=C(CCn1c(=S)[nH]c2ccccc2c1=O)Nc1ncc(Cc2ccc(Cl)cc2)s1. The van der Waals surface area contributed by atoms with Crippen LogP contribution < -0.4 is 10.9 Å². The van der Waals surface area contributed by atoms with E-state index in [1.165, 1.54) is 15.9 Å². The number of nitrogens with zero attached hydrogens (tertiary/aromatic N) is 2. The van der Waals surface area contributed by atoms with Crippen molar-refractivity contribution in [1.29, 1.82) is 0 Å². The summed E-state index contributed by atoms with van der Waals surface area (Å²) < 4.78 is 1.71. The van der Waals surface area contributed by atoms with Gasteiger partial charge in [-0.15, -0.1) is 11.3 Å². The van der Waals surface area contributed by atoms with Crippen molar-refractivity contribution >= 4 is 57.1 Å². The number of thiazole rings is 1. The molecule has 6 nitrogen and oxygen atoms in total. The van der Waals surface area contributed by atoms with Crippen LogP contribution in [0.4, 0.5) is 5.13 Å². The first kappa shape index (κ1) is 20.5. The number of carbonyl (C=O) groups excluding carboxylic acids is 1. The lowest BCUT2D eigenvalue weighted by molar-refractivity contribution is -0.116. The molecule has 0 aliphatic rings. The Morgan fingerprint density at radius 1 is 1.20 bits per heavy atom. The summed E-state index contributed by atoms with van der Waals surface area (Å²) in [5.41, 5.74) is 1.59. The lowest BCUT2D eigenvalue weighted by Crippen LogP contribution is -2.25. The first-order chi connectivity index (χ1) is 14.5. The molecule has 2 aromatic heterocycles. The molecule has 2 aromatic carbocycles. The quantitative estimate of drug-likeness (QED) is 0.409. The smallest absolute Gasteiger partial charge is 0.262 e. The van der Waals surface area contributed by atoms with Gasteiger partial charge in [-0.3, -0.25) is 14.2 Å². The molecule has 2 N–H and O–H groups in total. The van der Waals surface area contributed by atoms with Crippen molar-refractivity contribution in [2.45, 2.75) is 19.4 Å². The maximum atomic E-state index is 12.6. The minimum Gasteiger partial charge on any atom is -0.332 e. The molecule has 0 saturated carbocycles. The van der Waals surface area contributed by atoms with Gasteiger partial charge in [0.2, 0.25) is 5.91 Å². The number of hydrogen-bond acceptors (Lipinski definition) is 5. The zero-order valence-corrected chi connectivity index (χ0v) is 18.1. The van der Waals surface area contributed by atoms with Gasteiger partial charge < -0.3 is 10.3 Å². The maximum absolute atomic E-state index is 12.6. The van der Waals surface area contributed by atoms with E-state index in [4.69, 9.17) is 23.8 Å². The molecular weight excluding hydrogens is 440 g/mol. The van der Waals surface area contributed by atoms with Crippen molar-refractivity contribution in [1.82, 2.24) is 14.5 Å². The van der Waals surface area contributed by atoms with E-state index in [1.54, 1.807) is 24.4 Å². The molecule has 2 heterocycles. The van der Waals surface area contributed by atoms with Gasteiger partial charge in [-0.25, -0.2) is 4.98 Å². The van der Waals surface area contributed by atoms with Crippen LogP contribution in [0.1, 0.15) is 16.9 Å². The van der Waals surface area contributed by atoms with Crippen LogP contribution in [0.3, 0.4) is 0 Å². The van der Waals surface area contributed by atoms with Crippen molar-refractivity contribution in [3.05, 3.63) is 85.3 Å². The lowest BCUT2D eigenvalue weighted by atomic mass is 10.1. The number of amides is 1. The van der Waals surface area contributed by atoms with Crippen molar-refractivity contribution < 1.29 is 4.79 Å². The highest BCUT2D eigenvalue weighted by atomic mass is 35.5. The fraction of sp³-hybridized carbons (Fsp3) is 0.143. The second kappa shape index (κ2) is 8.91. The highest BCUT2D eigenvalue weighted by Crippen LogP contribution is 2.22. The van der Waals surface area contributed by atoms with Crippen LogP contribution in [0.2, 0.25) is 5.02 Å². The number of nitrogens with one attached hydrogen (secondary N) is 2. The first-order valence-corrected chi connectivity index (χ1v) is 10.8. The third-order valence-electron chi connectivity index (χ3n) is 4.54. The summed E-state index contributed by atoms with van der Waals surface area (Å²) in [7, 11) is 0. The van der Waals surface area contributed by atoms with Gasteiger partial charge in [0.15, 0.2) is 9.90 Å². The maximum Gasteiger partial charge on any atom is 0.262 e. The molecule has 0 saturated heterocycles. The molecule has 30 heavy (non-hydrogen) atoms. The van der Waals surface area contributed by atoms with Gasteiger partial charge in [0.05, 0.1) is 10.9 Å². The standard InChI is InChI=1S/C21H17ClN4O2S2/c22-14-7-5-13(6-8-14)11-15-12-23-20(30-15)25-18(27)9-10-26-19(28)16-3-1-2-4-17(16)24-21(26)29/h1-8,12H,9-11H2,(H,24,29)(H,23,25,27). The molecule has 4 rings (SSSR count). The van der Waals surface area contributed by atoms with Crippen LogP contribution in [0.25, 0.3) is 10.9 Å². The van der Waals surface area contributed by atoms with Crippen LogP contribution in [0, 0.1) is 4.77 Å². The number of benzene rings is 2. The van der Waals surface area contributed by atoms with E-state index in [0.717, 1.165) is 10.4 Å². The van der Waals surface area contributed by atoms with Crippen molar-refractivity contribution in [3.63, 3.8) is 0 Å². The van der Waals surface area contributed by atoms with Crippen LogP contribution in [0.5, 0.6) is 0 Å². The minimum absolute atomic E-state index is 0.113. The third kappa shape index (κ3) is 4.67. The van der Waals surface area contributed by atoms with Gasteiger partial charge >= 0.3 is 0 Å². The Labute approximate surface area is 186 Å². The molecule has 0 bridgehead atoms. The predicted molar refractivity (Wildman–Crippen MR) is 123 cm³/mol. The monoisotopic (exact) mass is 456 g/mol. The summed E-state index contributed by atoms with van der Waals surface area (Å²) in [4.78, 5) is 33.3. The summed E-state index contributed by atoms with van der Waals surface area (Å²) in [5, 5.41) is 4.55. The average molecular weight is 457 g/mol. The Morgan fingerprint density at radius 2 is 1.97 bits per heavy atom. The predicted octanol–water partition coefficient (Wildman–Crippen LogP) is 4.79. The van der Waals surface area contributed by atoms with Crippen LogP contribution in [-0.4, -0.2) is 20.4 Å². The number of rotatable bonds is 6. The Balaban J connectivity index is 1.39. The van der Waals surface area contributed by atoms with Gasteiger partial charge in [0, 0.05) is 35.5 Å². The summed E-state index contributed by atoms with van der Waals surface area (Å²) in [6, 6.07) is 14.8. The first-order valence-electron chi connectivity index (χ1n) is 9.20. The van der Waals surface area contributed by atoms with Crippen molar-refractivity contribution in [3.8, 4) is 0 Å². The van der Waals surface area contributed by atoms with Crippen LogP contribution in [0.15, 0.2) is 59.5 Å². The zero-order chi connectivity index (χ0) is 21.1. The third-order valence-corrected chi connectivity index (χ3v) is 6.03. The summed E-state index contributed by atoms with van der Waals surface area (Å²) in [5.74, 6) is -0.225. The van der Waals surface area contributed by atoms with Crippen molar-refractivity contribution in [2.24, 2.45) is 0 Å². The second-order valence-electron chi connectivity index (χ2n) is 6.67. The number of aromatic nitrogens is 3. The van der Waals surface area contributed by atoms with Gasteiger partial charge in [-0.2, -0.15) is 0 Å². The number of halogens is 1. The molecular formula is C21H17ClN4O2S2. The Hall–Kier alpha value is -2.81. The number of para-hydroxylation sites is 1. The van der Waals surface area contributed by atoms with Gasteiger partial charge in [0.25, 0.3) is 5.56 Å². The molecule has 0 atom stereocenters. The Bertz CT molecular complexity index is 1330. The number of hydrogen-bond donors (Lipinski definition) is 2. The molecule has 0 radical (unpaired) electrons. The fourth-order valence-corrected chi connectivity index (χ4v) is 4.32. The molecule has 0 aliphatic carbocycles. The molecule has 152 valence electrons. The average Bonchev–Trinajstić information content (AvgIpc) is 3.16. The van der Waals surface area contributed by atoms with E-state index in [2.05, 4.69) is 15.3 Å². The lowest BCUT2D eigenvalue weighted by Gasteiger charge is -2.07. The molecule has 0 fully saturated rings. The van der Waals surface area contributed by atoms with E-state index >= 15 is 0 Å². The van der Waals surface area contributed by atoms with E-state index in [0.29, 0.717) is 32.2 Å². The van der Waals surface area contributed by atoms with Crippen LogP contribution >= 0.6 is 35.2 Å². The number of aromatic amines is 1. The zero-order valence-electron chi connectivity index (χ0n) is 15.7. The Kier molecular flexibility index (Phi) is 6.08. The molecule has 0 spiro atoms. The van der Waals surface area contributed by atoms with E-state index in [1.807, 2.05) is 30.3 Å². The number of anilines is 1. The van der Waals surface area contributed by atoms with E-state index < -0.39 is 0 Å². The number of carbonyl (C=O) groups is 1. The summed E-state index contributed by atoms with van der Waals surface area (Å²) >= 11 is 12.6. The molecule has 4 aromatic rings. The molecule has 0 unspecified atom stereocenters. The van der Waals surface area contributed by atoms with Gasteiger partial charge in [-0.05, 0) is 42.0 Å². The molecule has 1 amide bonds. The topological polar surface area (TPSA) is 79.8 Å². The highest BCUT2D eigenvalue weighted by molar-refractivity contribution is 7.71. The summed E-state index contributed by atoms with van der Waals surface area (Å²) in [6.45, 7) is 0.188.